The third-order valence-corrected chi connectivity index (χ3v) is 8.66. The first-order valence-corrected chi connectivity index (χ1v) is 12.6. The van der Waals surface area contributed by atoms with E-state index >= 15 is 0 Å². The van der Waals surface area contributed by atoms with Crippen LogP contribution < -0.4 is 5.55 Å². The van der Waals surface area contributed by atoms with Crippen molar-refractivity contribution >= 4 is 16.8 Å². The van der Waals surface area contributed by atoms with Crippen LogP contribution in [0.3, 0.4) is 0 Å². The van der Waals surface area contributed by atoms with Gasteiger partial charge in [-0.15, -0.1) is 0 Å². The first-order chi connectivity index (χ1) is 15.8. The summed E-state index contributed by atoms with van der Waals surface area (Å²) in [5, 5.41) is 2.24. The fraction of sp³-hybridized carbons (Fsp3) is 0.452. The molecule has 0 spiro atoms. The zero-order valence-electron chi connectivity index (χ0n) is 20.7. The Morgan fingerprint density at radius 2 is 1.94 bits per heavy atom. The van der Waals surface area contributed by atoms with Crippen LogP contribution in [-0.4, -0.2) is 6.54 Å². The third-order valence-electron chi connectivity index (χ3n) is 8.66. The molecule has 0 N–H and O–H groups in total. The molecule has 2 aliphatic carbocycles. The molecule has 0 aliphatic heterocycles. The summed E-state index contributed by atoms with van der Waals surface area (Å²) < 4.78 is 6.14. The first kappa shape index (κ1) is 22.2. The number of nitrogens with zero attached hydrogens (tertiary/aromatic N) is 1. The van der Waals surface area contributed by atoms with Crippen molar-refractivity contribution in [2.75, 3.05) is 6.54 Å². The summed E-state index contributed by atoms with van der Waals surface area (Å²) in [6, 6.07) is 17.7. The summed E-state index contributed by atoms with van der Waals surface area (Å²) in [5.74, 6) is 1.99. The molecule has 0 bridgehead atoms. The summed E-state index contributed by atoms with van der Waals surface area (Å²) in [6.07, 6.45) is 7.98. The van der Waals surface area contributed by atoms with Gasteiger partial charge in [0.2, 0.25) is 5.55 Å². The molecule has 1 saturated carbocycles. The molecular weight excluding hydrogens is 402 g/mol. The average molecular weight is 440 g/mol. The van der Waals surface area contributed by atoms with Gasteiger partial charge in [-0.1, -0.05) is 77.1 Å². The quantitative estimate of drug-likeness (QED) is 0.407. The van der Waals surface area contributed by atoms with E-state index in [0.29, 0.717) is 11.8 Å². The maximum Gasteiger partial charge on any atom is 0.222 e. The summed E-state index contributed by atoms with van der Waals surface area (Å²) in [4.78, 5) is 5.14. The Bertz CT molecular complexity index is 1270. The van der Waals surface area contributed by atoms with E-state index in [1.807, 2.05) is 6.07 Å². The highest BCUT2D eigenvalue weighted by atomic mass is 16.3. The number of rotatable bonds is 4. The molecule has 2 nitrogen and oxygen atoms in total. The molecule has 3 atom stereocenters. The summed E-state index contributed by atoms with van der Waals surface area (Å²) in [7, 11) is 0. The maximum atomic E-state index is 6.14. The molecule has 1 heterocycles. The van der Waals surface area contributed by atoms with Crippen molar-refractivity contribution in [1.29, 1.82) is 0 Å². The molecule has 2 heteroatoms. The lowest BCUT2D eigenvalue weighted by Crippen LogP contribution is -2.50. The number of aryl methyl sites for hydroxylation is 1. The van der Waals surface area contributed by atoms with Gasteiger partial charge in [0.1, 0.15) is 5.76 Å². The minimum atomic E-state index is 0.169. The number of hydrogen-bond donors (Lipinski definition) is 0. The predicted molar refractivity (Wildman–Crippen MR) is 138 cm³/mol. The average Bonchev–Trinajstić information content (AvgIpc) is 2.82. The topological polar surface area (TPSA) is 25.5 Å². The van der Waals surface area contributed by atoms with Gasteiger partial charge >= 0.3 is 0 Å². The molecule has 1 fully saturated rings. The number of fused-ring (bicyclic) bond motifs is 4. The largest absolute Gasteiger partial charge is 0.439 e. The fourth-order valence-corrected chi connectivity index (χ4v) is 6.83. The van der Waals surface area contributed by atoms with E-state index in [4.69, 9.17) is 9.41 Å². The van der Waals surface area contributed by atoms with Crippen LogP contribution in [0, 0.1) is 11.3 Å². The van der Waals surface area contributed by atoms with Crippen molar-refractivity contribution in [3.63, 3.8) is 0 Å². The molecule has 2 aliphatic rings. The molecule has 2 aromatic carbocycles. The Balaban J connectivity index is 1.53. The van der Waals surface area contributed by atoms with Gasteiger partial charge < -0.3 is 4.42 Å². The highest BCUT2D eigenvalue weighted by molar-refractivity contribution is 5.82. The fourth-order valence-electron chi connectivity index (χ4n) is 6.83. The molecule has 5 rings (SSSR count). The van der Waals surface area contributed by atoms with Crippen molar-refractivity contribution in [1.82, 2.24) is 0 Å². The van der Waals surface area contributed by atoms with Gasteiger partial charge in [-0.3, -0.25) is 4.99 Å². The van der Waals surface area contributed by atoms with E-state index < -0.39 is 0 Å². The lowest BCUT2D eigenvalue weighted by Gasteiger charge is -2.55. The van der Waals surface area contributed by atoms with E-state index in [-0.39, 0.29) is 10.8 Å². The molecule has 1 aromatic heterocycles. The second-order valence-electron chi connectivity index (χ2n) is 11.1. The highest BCUT2D eigenvalue weighted by Gasteiger charge is 2.51. The van der Waals surface area contributed by atoms with Crippen molar-refractivity contribution in [3.05, 3.63) is 83.1 Å². The van der Waals surface area contributed by atoms with Gasteiger partial charge in [-0.2, -0.15) is 0 Å². The Morgan fingerprint density at radius 3 is 2.73 bits per heavy atom. The number of benzene rings is 2. The molecule has 0 saturated heterocycles. The zero-order chi connectivity index (χ0) is 23.2. The van der Waals surface area contributed by atoms with E-state index in [9.17, 15) is 0 Å². The van der Waals surface area contributed by atoms with Gasteiger partial charge in [0.15, 0.2) is 0 Å². The Labute approximate surface area is 198 Å². The summed E-state index contributed by atoms with van der Waals surface area (Å²) >= 11 is 0. The molecule has 0 radical (unpaired) electrons. The minimum Gasteiger partial charge on any atom is -0.439 e. The Morgan fingerprint density at radius 1 is 1.12 bits per heavy atom. The van der Waals surface area contributed by atoms with Gasteiger partial charge in [-0.05, 0) is 88.6 Å². The van der Waals surface area contributed by atoms with E-state index in [1.54, 1.807) is 17.2 Å². The second-order valence-corrected chi connectivity index (χ2v) is 11.1. The zero-order valence-corrected chi connectivity index (χ0v) is 20.7. The second kappa shape index (κ2) is 8.31. The van der Waals surface area contributed by atoms with Crippen molar-refractivity contribution in [3.8, 4) is 0 Å². The predicted octanol–water partition coefficient (Wildman–Crippen LogP) is 7.81. The molecule has 33 heavy (non-hydrogen) atoms. The van der Waals surface area contributed by atoms with Crippen LogP contribution >= 0.6 is 0 Å². The van der Waals surface area contributed by atoms with Crippen LogP contribution in [0.4, 0.5) is 0 Å². The highest BCUT2D eigenvalue weighted by Crippen LogP contribution is 2.57. The Kier molecular flexibility index (Phi) is 5.59. The van der Waals surface area contributed by atoms with Crippen molar-refractivity contribution in [2.45, 2.75) is 71.1 Å². The minimum absolute atomic E-state index is 0.169. The molecular formula is C31H37NO. The van der Waals surface area contributed by atoms with Crippen LogP contribution in [0.25, 0.3) is 16.8 Å². The molecule has 3 aromatic rings. The van der Waals surface area contributed by atoms with E-state index in [0.717, 1.165) is 28.6 Å². The van der Waals surface area contributed by atoms with E-state index in [1.165, 1.54) is 37.7 Å². The van der Waals surface area contributed by atoms with Gasteiger partial charge in [-0.25, -0.2) is 0 Å². The van der Waals surface area contributed by atoms with Crippen LogP contribution in [-0.2, 0) is 11.8 Å². The number of hydrogen-bond acceptors (Lipinski definition) is 2. The summed E-state index contributed by atoms with van der Waals surface area (Å²) in [5.41, 5.74) is 5.80. The van der Waals surface area contributed by atoms with Crippen LogP contribution in [0.5, 0.6) is 0 Å². The Hall–Kier alpha value is -2.61. The van der Waals surface area contributed by atoms with Gasteiger partial charge in [0.05, 0.1) is 0 Å². The first-order valence-electron chi connectivity index (χ1n) is 12.6. The van der Waals surface area contributed by atoms with Gasteiger partial charge in [0.25, 0.3) is 0 Å². The van der Waals surface area contributed by atoms with Crippen molar-refractivity contribution < 1.29 is 4.42 Å². The lowest BCUT2D eigenvalue weighted by molar-refractivity contribution is 0.0320. The lowest BCUT2D eigenvalue weighted by atomic mass is 9.50. The third kappa shape index (κ3) is 3.78. The molecule has 172 valence electrons. The van der Waals surface area contributed by atoms with Crippen molar-refractivity contribution in [2.24, 2.45) is 16.3 Å². The van der Waals surface area contributed by atoms with Crippen LogP contribution in [0.15, 0.2) is 64.5 Å². The van der Waals surface area contributed by atoms with Crippen LogP contribution in [0.1, 0.15) is 81.7 Å². The standard InChI is InChI=1S/C31H37NO/c1-6-25-19-23-10-7-8-11-26(23)29(33-25)32-20-30(4)16-9-17-31(5)27-14-12-22(21(2)3)18-24(27)13-15-28(30)31/h6-8,10-12,14,18-19,21,28H,1,9,13,15-17,20H2,2-5H3. The SMILES string of the molecule is C=Cc1cc2ccccc2c(=NCC2(C)CCCC3(C)c4ccc(C(C)C)cc4CCC23)o1. The monoisotopic (exact) mass is 439 g/mol. The molecule has 0 amide bonds. The molecule has 3 unspecified atom stereocenters. The summed E-state index contributed by atoms with van der Waals surface area (Å²) in [6.45, 7) is 14.3. The smallest absolute Gasteiger partial charge is 0.222 e. The van der Waals surface area contributed by atoms with E-state index in [2.05, 4.69) is 76.7 Å². The maximum absolute atomic E-state index is 6.14. The van der Waals surface area contributed by atoms with Crippen LogP contribution in [0.2, 0.25) is 0 Å². The normalized spacial score (nSPS) is 27.4. The van der Waals surface area contributed by atoms with Gasteiger partial charge in [0, 0.05) is 11.9 Å².